The molecule has 0 spiro atoms. The predicted octanol–water partition coefficient (Wildman–Crippen LogP) is 3.98. The zero-order valence-corrected chi connectivity index (χ0v) is 13.8. The summed E-state index contributed by atoms with van der Waals surface area (Å²) in [7, 11) is 4.15. The number of hydrogen-bond acceptors (Lipinski definition) is 2. The molecule has 0 heterocycles. The smallest absolute Gasteiger partial charge is 0.130 e. The van der Waals surface area contributed by atoms with E-state index < -0.39 is 11.6 Å². The molecule has 0 aliphatic rings. The monoisotopic (exact) mass is 298 g/mol. The molecule has 2 nitrogen and oxygen atoms in total. The van der Waals surface area contributed by atoms with Crippen molar-refractivity contribution in [1.29, 1.82) is 0 Å². The van der Waals surface area contributed by atoms with E-state index in [2.05, 4.69) is 38.2 Å². The Morgan fingerprint density at radius 3 is 2.24 bits per heavy atom. The van der Waals surface area contributed by atoms with E-state index in [4.69, 9.17) is 0 Å². The number of rotatable bonds is 8. The number of halogens is 2. The Morgan fingerprint density at radius 1 is 1.14 bits per heavy atom. The minimum atomic E-state index is -0.536. The minimum absolute atomic E-state index is 0.137. The lowest BCUT2D eigenvalue weighted by molar-refractivity contribution is 0.190. The fourth-order valence-electron chi connectivity index (χ4n) is 2.86. The third-order valence-electron chi connectivity index (χ3n) is 4.32. The van der Waals surface area contributed by atoms with Crippen LogP contribution in [0.25, 0.3) is 0 Å². The third kappa shape index (κ3) is 5.04. The van der Waals surface area contributed by atoms with Gasteiger partial charge in [0.05, 0.1) is 0 Å². The molecule has 0 bridgehead atoms. The van der Waals surface area contributed by atoms with Gasteiger partial charge in [0.15, 0.2) is 0 Å². The van der Waals surface area contributed by atoms with Crippen LogP contribution >= 0.6 is 0 Å². The second-order valence-electron chi connectivity index (χ2n) is 5.90. The highest BCUT2D eigenvalue weighted by atomic mass is 19.1. The van der Waals surface area contributed by atoms with Gasteiger partial charge in [-0.05, 0) is 33.0 Å². The summed E-state index contributed by atoms with van der Waals surface area (Å²) in [4.78, 5) is 2.22. The van der Waals surface area contributed by atoms with Gasteiger partial charge in [-0.3, -0.25) is 0 Å². The second-order valence-corrected chi connectivity index (χ2v) is 5.90. The molecule has 1 rings (SSSR count). The molecule has 2 unspecified atom stereocenters. The molecule has 0 saturated carbocycles. The van der Waals surface area contributed by atoms with E-state index >= 15 is 0 Å². The molecule has 0 aliphatic heterocycles. The van der Waals surface area contributed by atoms with E-state index in [0.717, 1.165) is 25.5 Å². The van der Waals surface area contributed by atoms with Crippen molar-refractivity contribution in [3.8, 4) is 0 Å². The first-order valence-electron chi connectivity index (χ1n) is 7.75. The van der Waals surface area contributed by atoms with Crippen molar-refractivity contribution in [2.24, 2.45) is 5.92 Å². The van der Waals surface area contributed by atoms with E-state index in [1.54, 1.807) is 0 Å². The maximum atomic E-state index is 13.8. The molecule has 1 aromatic carbocycles. The summed E-state index contributed by atoms with van der Waals surface area (Å²) in [6.07, 6.45) is 2.25. The largest absolute Gasteiger partial charge is 0.309 e. The van der Waals surface area contributed by atoms with Gasteiger partial charge in [0.2, 0.25) is 0 Å². The van der Waals surface area contributed by atoms with Crippen molar-refractivity contribution in [2.75, 3.05) is 20.6 Å². The molecule has 0 fully saturated rings. The van der Waals surface area contributed by atoms with Crippen molar-refractivity contribution in [3.63, 3.8) is 0 Å². The van der Waals surface area contributed by atoms with Crippen LogP contribution in [0.3, 0.4) is 0 Å². The summed E-state index contributed by atoms with van der Waals surface area (Å²) in [5.41, 5.74) is 0.512. The molecule has 1 N–H and O–H groups in total. The van der Waals surface area contributed by atoms with E-state index in [0.29, 0.717) is 17.5 Å². The average Bonchev–Trinajstić information content (AvgIpc) is 2.42. The first-order valence-corrected chi connectivity index (χ1v) is 7.75. The van der Waals surface area contributed by atoms with Gasteiger partial charge in [0.25, 0.3) is 0 Å². The fraction of sp³-hybridized carbons (Fsp3) is 0.647. The Bertz CT molecular complexity index is 431. The van der Waals surface area contributed by atoms with Gasteiger partial charge in [0, 0.05) is 30.3 Å². The molecule has 0 radical (unpaired) electrons. The molecule has 0 amide bonds. The van der Waals surface area contributed by atoms with E-state index in [1.165, 1.54) is 12.1 Å². The van der Waals surface area contributed by atoms with Crippen molar-refractivity contribution < 1.29 is 8.78 Å². The zero-order chi connectivity index (χ0) is 16.0. The number of nitrogens with one attached hydrogen (secondary N) is 1. The van der Waals surface area contributed by atoms with Crippen LogP contribution in [0, 0.1) is 17.6 Å². The molecular weight excluding hydrogens is 270 g/mol. The van der Waals surface area contributed by atoms with Crippen molar-refractivity contribution in [2.45, 2.75) is 45.7 Å². The Morgan fingerprint density at radius 2 is 1.76 bits per heavy atom. The summed E-state index contributed by atoms with van der Waals surface area (Å²) in [6, 6.07) is 4.04. The number of benzene rings is 1. The van der Waals surface area contributed by atoms with Gasteiger partial charge in [0.1, 0.15) is 11.6 Å². The predicted molar refractivity (Wildman–Crippen MR) is 84.3 cm³/mol. The van der Waals surface area contributed by atoms with Crippen LogP contribution in [0.2, 0.25) is 0 Å². The van der Waals surface area contributed by atoms with Gasteiger partial charge >= 0.3 is 0 Å². The van der Waals surface area contributed by atoms with E-state index in [1.807, 2.05) is 6.92 Å². The van der Waals surface area contributed by atoms with E-state index in [9.17, 15) is 8.78 Å². The first-order chi connectivity index (χ1) is 9.90. The molecule has 0 saturated heterocycles. The summed E-state index contributed by atoms with van der Waals surface area (Å²) >= 11 is 0. The lowest BCUT2D eigenvalue weighted by Gasteiger charge is -2.32. The van der Waals surface area contributed by atoms with Gasteiger partial charge in [-0.15, -0.1) is 0 Å². The Labute approximate surface area is 127 Å². The highest BCUT2D eigenvalue weighted by Crippen LogP contribution is 2.20. The van der Waals surface area contributed by atoms with E-state index in [-0.39, 0.29) is 6.04 Å². The normalized spacial score (nSPS) is 14.7. The summed E-state index contributed by atoms with van der Waals surface area (Å²) in [5.74, 6) is -0.414. The first kappa shape index (κ1) is 18.1. The molecule has 0 aromatic heterocycles. The average molecular weight is 298 g/mol. The fourth-order valence-corrected chi connectivity index (χ4v) is 2.86. The van der Waals surface area contributed by atoms with Crippen LogP contribution in [0.15, 0.2) is 18.2 Å². The van der Waals surface area contributed by atoms with Crippen LogP contribution in [-0.2, 0) is 0 Å². The molecule has 21 heavy (non-hydrogen) atoms. The Kier molecular flexibility index (Phi) is 7.26. The van der Waals surface area contributed by atoms with Crippen molar-refractivity contribution in [3.05, 3.63) is 35.4 Å². The molecule has 2 atom stereocenters. The van der Waals surface area contributed by atoms with Crippen LogP contribution in [0.4, 0.5) is 8.78 Å². The number of likely N-dealkylation sites (N-methyl/N-ethyl adjacent to an activating group) is 1. The maximum absolute atomic E-state index is 13.8. The molecule has 4 heteroatoms. The Balaban J connectivity index is 2.71. The van der Waals surface area contributed by atoms with Gasteiger partial charge in [-0.1, -0.05) is 32.8 Å². The summed E-state index contributed by atoms with van der Waals surface area (Å²) in [5, 5.41) is 3.39. The van der Waals surface area contributed by atoms with Crippen LogP contribution < -0.4 is 5.32 Å². The number of nitrogens with zero attached hydrogens (tertiary/aromatic N) is 1. The van der Waals surface area contributed by atoms with Crippen LogP contribution in [-0.4, -0.2) is 31.6 Å². The van der Waals surface area contributed by atoms with Gasteiger partial charge < -0.3 is 10.2 Å². The van der Waals surface area contributed by atoms with Crippen molar-refractivity contribution >= 4 is 0 Å². The lowest BCUT2D eigenvalue weighted by Crippen LogP contribution is -2.43. The molecule has 1 aromatic rings. The minimum Gasteiger partial charge on any atom is -0.309 e. The summed E-state index contributed by atoms with van der Waals surface area (Å²) in [6.45, 7) is 7.11. The Hall–Kier alpha value is -1.00. The van der Waals surface area contributed by atoms with Crippen LogP contribution in [0.1, 0.15) is 45.2 Å². The quantitative estimate of drug-likeness (QED) is 0.781. The van der Waals surface area contributed by atoms with Crippen LogP contribution in [0.5, 0.6) is 0 Å². The van der Waals surface area contributed by atoms with Crippen molar-refractivity contribution in [1.82, 2.24) is 10.2 Å². The highest BCUT2D eigenvalue weighted by molar-refractivity contribution is 5.21. The molecule has 0 aliphatic carbocycles. The zero-order valence-electron chi connectivity index (χ0n) is 13.8. The highest BCUT2D eigenvalue weighted by Gasteiger charge is 2.21. The van der Waals surface area contributed by atoms with Gasteiger partial charge in [-0.2, -0.15) is 0 Å². The topological polar surface area (TPSA) is 15.3 Å². The second kappa shape index (κ2) is 8.44. The molecule has 120 valence electrons. The lowest BCUT2D eigenvalue weighted by atomic mass is 9.93. The number of hydrogen-bond donors (Lipinski definition) is 1. The van der Waals surface area contributed by atoms with Gasteiger partial charge in [-0.25, -0.2) is 8.78 Å². The standard InChI is InChI=1S/C17H28F2N2/c1-6-13(7-2)17(21(4)5)11-20-12(3)15-9-8-14(18)10-16(15)19/h8-10,12-13,17,20H,6-7,11H2,1-5H3. The maximum Gasteiger partial charge on any atom is 0.130 e. The SMILES string of the molecule is CCC(CC)C(CNC(C)c1ccc(F)cc1F)N(C)C. The molecular formula is C17H28F2N2. The summed E-state index contributed by atoms with van der Waals surface area (Å²) < 4.78 is 26.7. The third-order valence-corrected chi connectivity index (χ3v) is 4.32.